The van der Waals surface area contributed by atoms with E-state index in [-0.39, 0.29) is 5.91 Å². The van der Waals surface area contributed by atoms with E-state index in [9.17, 15) is 4.79 Å². The topological polar surface area (TPSA) is 44.4 Å². The van der Waals surface area contributed by atoms with Crippen LogP contribution in [-0.4, -0.2) is 35.6 Å². The summed E-state index contributed by atoms with van der Waals surface area (Å²) in [5, 5.41) is 6.56. The number of hydrogen-bond donors (Lipinski definition) is 2. The molecule has 2 N–H and O–H groups in total. The first-order valence-electron chi connectivity index (χ1n) is 5.96. The Morgan fingerprint density at radius 1 is 1.39 bits per heavy atom. The van der Waals surface area contributed by atoms with Crippen LogP contribution in [0.25, 0.3) is 0 Å². The fourth-order valence-electron chi connectivity index (χ4n) is 1.83. The van der Waals surface area contributed by atoms with E-state index in [2.05, 4.69) is 36.6 Å². The van der Waals surface area contributed by atoms with Crippen LogP contribution in [0.15, 0.2) is 18.2 Å². The Balaban J connectivity index is 2.02. The lowest BCUT2D eigenvalue weighted by atomic mass is 10.1. The fraction of sp³-hybridized carbons (Fsp3) is 0.385. The third-order valence-corrected chi connectivity index (χ3v) is 3.44. The number of carbonyl (C=O) groups excluding carboxylic acids is 1. The zero-order valence-electron chi connectivity index (χ0n) is 10.6. The molecule has 1 aliphatic rings. The van der Waals surface area contributed by atoms with E-state index < -0.39 is 0 Å². The molecular formula is C13H17N3OS. The van der Waals surface area contributed by atoms with Gasteiger partial charge in [0.15, 0.2) is 5.11 Å². The number of nitrogens with one attached hydrogen (secondary N) is 2. The molecule has 1 aromatic rings. The average Bonchev–Trinajstić information content (AvgIpc) is 2.34. The molecule has 1 saturated heterocycles. The van der Waals surface area contributed by atoms with Crippen molar-refractivity contribution in [2.45, 2.75) is 13.8 Å². The van der Waals surface area contributed by atoms with E-state index in [1.54, 1.807) is 0 Å². The van der Waals surface area contributed by atoms with Gasteiger partial charge in [-0.2, -0.15) is 0 Å². The molecule has 0 saturated carbocycles. The second-order valence-corrected chi connectivity index (χ2v) is 4.89. The number of thiocarbonyl (C=S) groups is 1. The molecule has 1 fully saturated rings. The van der Waals surface area contributed by atoms with Gasteiger partial charge < -0.3 is 15.5 Å². The maximum Gasteiger partial charge on any atom is 0.239 e. The summed E-state index contributed by atoms with van der Waals surface area (Å²) in [6.45, 7) is 5.87. The first-order chi connectivity index (χ1) is 8.56. The summed E-state index contributed by atoms with van der Waals surface area (Å²) < 4.78 is 0. The van der Waals surface area contributed by atoms with Gasteiger partial charge in [-0.3, -0.25) is 4.79 Å². The van der Waals surface area contributed by atoms with Crippen LogP contribution >= 0.6 is 12.2 Å². The average molecular weight is 263 g/mol. The number of aryl methyl sites for hydroxylation is 2. The molecular weight excluding hydrogens is 246 g/mol. The van der Waals surface area contributed by atoms with Crippen molar-refractivity contribution in [1.29, 1.82) is 0 Å². The number of nitrogens with zero attached hydrogens (tertiary/aromatic N) is 1. The highest BCUT2D eigenvalue weighted by Crippen LogP contribution is 2.14. The van der Waals surface area contributed by atoms with Crippen LogP contribution < -0.4 is 10.6 Å². The Morgan fingerprint density at radius 2 is 2.17 bits per heavy atom. The number of hydrogen-bond acceptors (Lipinski definition) is 2. The van der Waals surface area contributed by atoms with Gasteiger partial charge in [0, 0.05) is 18.8 Å². The Labute approximate surface area is 112 Å². The van der Waals surface area contributed by atoms with Gasteiger partial charge in [-0.05, 0) is 49.3 Å². The number of anilines is 1. The highest BCUT2D eigenvalue weighted by Gasteiger charge is 2.18. The summed E-state index contributed by atoms with van der Waals surface area (Å²) >= 11 is 5.32. The van der Waals surface area contributed by atoms with E-state index in [1.807, 2.05) is 11.0 Å². The quantitative estimate of drug-likeness (QED) is 0.752. The van der Waals surface area contributed by atoms with Crippen LogP contribution in [0.4, 0.5) is 5.69 Å². The highest BCUT2D eigenvalue weighted by atomic mass is 32.1. The minimum Gasteiger partial charge on any atom is -0.353 e. The molecule has 1 heterocycles. The van der Waals surface area contributed by atoms with Crippen LogP contribution in [0.3, 0.4) is 0 Å². The van der Waals surface area contributed by atoms with Crippen LogP contribution in [0.2, 0.25) is 0 Å². The summed E-state index contributed by atoms with van der Waals surface area (Å²) in [4.78, 5) is 13.2. The second-order valence-electron chi connectivity index (χ2n) is 4.50. The zero-order chi connectivity index (χ0) is 13.1. The van der Waals surface area contributed by atoms with E-state index in [4.69, 9.17) is 12.2 Å². The predicted octanol–water partition coefficient (Wildman–Crippen LogP) is 1.43. The third-order valence-electron chi connectivity index (χ3n) is 3.08. The fourth-order valence-corrected chi connectivity index (χ4v) is 2.11. The first kappa shape index (κ1) is 12.8. The smallest absolute Gasteiger partial charge is 0.239 e. The summed E-state index contributed by atoms with van der Waals surface area (Å²) in [6, 6.07) is 6.12. The van der Waals surface area contributed by atoms with E-state index in [0.717, 1.165) is 12.2 Å². The number of rotatable bonds is 1. The van der Waals surface area contributed by atoms with Crippen molar-refractivity contribution in [1.82, 2.24) is 10.2 Å². The monoisotopic (exact) mass is 263 g/mol. The Hall–Kier alpha value is -1.62. The predicted molar refractivity (Wildman–Crippen MR) is 76.7 cm³/mol. The number of benzene rings is 1. The second kappa shape index (κ2) is 5.35. The first-order valence-corrected chi connectivity index (χ1v) is 6.37. The van der Waals surface area contributed by atoms with Gasteiger partial charge in [-0.1, -0.05) is 6.07 Å². The molecule has 1 aliphatic heterocycles. The van der Waals surface area contributed by atoms with E-state index in [1.165, 1.54) is 11.1 Å². The van der Waals surface area contributed by atoms with Crippen molar-refractivity contribution in [2.24, 2.45) is 0 Å². The van der Waals surface area contributed by atoms with Gasteiger partial charge >= 0.3 is 0 Å². The number of piperazine rings is 1. The molecule has 1 amide bonds. The molecule has 0 bridgehead atoms. The van der Waals surface area contributed by atoms with E-state index in [0.29, 0.717) is 18.2 Å². The Bertz CT molecular complexity index is 487. The van der Waals surface area contributed by atoms with Crippen LogP contribution in [0, 0.1) is 13.8 Å². The molecule has 1 aromatic carbocycles. The van der Waals surface area contributed by atoms with Gasteiger partial charge in [-0.25, -0.2) is 0 Å². The van der Waals surface area contributed by atoms with Gasteiger partial charge in [0.1, 0.15) is 0 Å². The molecule has 0 spiro atoms. The van der Waals surface area contributed by atoms with Crippen molar-refractivity contribution >= 4 is 28.9 Å². The van der Waals surface area contributed by atoms with Crippen LogP contribution in [-0.2, 0) is 4.79 Å². The Kier molecular flexibility index (Phi) is 3.81. The molecule has 5 heteroatoms. The number of carbonyl (C=O) groups is 1. The highest BCUT2D eigenvalue weighted by molar-refractivity contribution is 7.80. The van der Waals surface area contributed by atoms with Gasteiger partial charge in [0.25, 0.3) is 0 Å². The largest absolute Gasteiger partial charge is 0.353 e. The van der Waals surface area contributed by atoms with Gasteiger partial charge in [0.05, 0.1) is 6.54 Å². The molecule has 18 heavy (non-hydrogen) atoms. The minimum atomic E-state index is 0.0190. The maximum atomic E-state index is 11.3. The molecule has 0 aromatic heterocycles. The van der Waals surface area contributed by atoms with Crippen molar-refractivity contribution in [3.05, 3.63) is 29.3 Å². The molecule has 0 atom stereocenters. The van der Waals surface area contributed by atoms with Crippen LogP contribution in [0.1, 0.15) is 11.1 Å². The van der Waals surface area contributed by atoms with Gasteiger partial charge in [0.2, 0.25) is 5.91 Å². The maximum absolute atomic E-state index is 11.3. The third kappa shape index (κ3) is 2.98. The summed E-state index contributed by atoms with van der Waals surface area (Å²) in [6.07, 6.45) is 0. The molecule has 0 unspecified atom stereocenters. The lowest BCUT2D eigenvalue weighted by molar-refractivity contribution is -0.122. The zero-order valence-corrected chi connectivity index (χ0v) is 11.4. The number of amides is 1. The standard InChI is InChI=1S/C13H17N3OS/c1-9-3-4-11(7-10(9)2)15-13(18)16-6-5-14-12(17)8-16/h3-4,7H,5-6,8H2,1-2H3,(H,14,17)(H,15,18). The lowest BCUT2D eigenvalue weighted by Crippen LogP contribution is -2.51. The summed E-state index contributed by atoms with van der Waals surface area (Å²) in [5.74, 6) is 0.0190. The van der Waals surface area contributed by atoms with Crippen molar-refractivity contribution < 1.29 is 4.79 Å². The van der Waals surface area contributed by atoms with Crippen LogP contribution in [0.5, 0.6) is 0 Å². The van der Waals surface area contributed by atoms with E-state index >= 15 is 0 Å². The minimum absolute atomic E-state index is 0.0190. The van der Waals surface area contributed by atoms with Gasteiger partial charge in [-0.15, -0.1) is 0 Å². The molecule has 2 rings (SSSR count). The summed E-state index contributed by atoms with van der Waals surface area (Å²) in [5.41, 5.74) is 3.44. The molecule has 0 aliphatic carbocycles. The summed E-state index contributed by atoms with van der Waals surface area (Å²) in [7, 11) is 0. The lowest BCUT2D eigenvalue weighted by Gasteiger charge is -2.29. The Morgan fingerprint density at radius 3 is 2.83 bits per heavy atom. The SMILES string of the molecule is Cc1ccc(NC(=S)N2CCNC(=O)C2)cc1C. The van der Waals surface area contributed by atoms with Crippen molar-refractivity contribution in [2.75, 3.05) is 25.0 Å². The molecule has 96 valence electrons. The molecule has 4 nitrogen and oxygen atoms in total. The normalized spacial score (nSPS) is 15.2. The van der Waals surface area contributed by atoms with Crippen molar-refractivity contribution in [3.8, 4) is 0 Å². The van der Waals surface area contributed by atoms with Crippen molar-refractivity contribution in [3.63, 3.8) is 0 Å². The molecule has 0 radical (unpaired) electrons.